The molecular weight excluding hydrogens is 461 g/mol. The molecule has 11 nitrogen and oxygen atoms in total. The van der Waals surface area contributed by atoms with Gasteiger partial charge in [-0.1, -0.05) is 24.3 Å². The van der Waals surface area contributed by atoms with Crippen LogP contribution in [-0.4, -0.2) is 50.6 Å². The van der Waals surface area contributed by atoms with Crippen molar-refractivity contribution in [2.45, 2.75) is 24.7 Å². The van der Waals surface area contributed by atoms with Gasteiger partial charge in [0.1, 0.15) is 11.9 Å². The summed E-state index contributed by atoms with van der Waals surface area (Å²) in [7, 11) is -9.19. The maximum atomic E-state index is 10.6. The van der Waals surface area contributed by atoms with E-state index in [4.69, 9.17) is 23.8 Å². The molecule has 1 aliphatic heterocycles. The predicted molar refractivity (Wildman–Crippen MR) is 107 cm³/mol. The Hall–Kier alpha value is -0.770. The standard InChI is InChI=1S/C16H21O11P3/c1-23-14-7-11-5-3-2-4-10(11)6-12(14)15-8-13(17)16(25-15)9-24-28(18)26-29(19)27-30(20,21)22/h2-7,13,15-19H,8-9H2,1H3,(H2,20,21,22)/t13-,15-,16?,28?,29?/m1/s1. The molecule has 14 heteroatoms. The SMILES string of the molecule is COc1cc2ccccc2cc1[C@H]1C[C@@H](O)C(COP(O)OP(O)OP(=O)(O)O)O1. The number of aliphatic hydroxyl groups is 1. The molecule has 5 atom stereocenters. The molecule has 1 aliphatic rings. The van der Waals surface area contributed by atoms with Crippen LogP contribution in [0.5, 0.6) is 5.75 Å². The second-order valence-corrected chi connectivity index (χ2v) is 9.83. The fraction of sp³-hybridized carbons (Fsp3) is 0.375. The number of benzene rings is 2. The van der Waals surface area contributed by atoms with Gasteiger partial charge in [-0.05, 0) is 22.9 Å². The van der Waals surface area contributed by atoms with Crippen LogP contribution in [0.2, 0.25) is 0 Å². The minimum absolute atomic E-state index is 0.265. The lowest BCUT2D eigenvalue weighted by molar-refractivity contribution is -0.0189. The molecule has 2 aromatic carbocycles. The highest BCUT2D eigenvalue weighted by Crippen LogP contribution is 2.58. The van der Waals surface area contributed by atoms with Crippen LogP contribution >= 0.6 is 25.0 Å². The minimum Gasteiger partial charge on any atom is -0.496 e. The van der Waals surface area contributed by atoms with Gasteiger partial charge in [0, 0.05) is 12.0 Å². The fourth-order valence-corrected chi connectivity index (χ4v) is 5.13. The molecule has 0 bridgehead atoms. The van der Waals surface area contributed by atoms with Gasteiger partial charge >= 0.3 is 25.0 Å². The first kappa shape index (κ1) is 23.9. The lowest BCUT2D eigenvalue weighted by atomic mass is 9.99. The number of methoxy groups -OCH3 is 1. The first-order valence-electron chi connectivity index (χ1n) is 8.60. The normalized spacial score (nSPS) is 24.1. The summed E-state index contributed by atoms with van der Waals surface area (Å²) in [5, 5.41) is 12.3. The molecule has 3 unspecified atom stereocenters. The molecule has 0 aromatic heterocycles. The van der Waals surface area contributed by atoms with Crippen molar-refractivity contribution in [2.24, 2.45) is 0 Å². The summed E-state index contributed by atoms with van der Waals surface area (Å²) < 4.78 is 35.3. The molecule has 0 radical (unpaired) electrons. The molecule has 0 saturated carbocycles. The molecule has 1 fully saturated rings. The third-order valence-electron chi connectivity index (χ3n) is 4.33. The second kappa shape index (κ2) is 10.2. The van der Waals surface area contributed by atoms with E-state index in [0.29, 0.717) is 5.75 Å². The van der Waals surface area contributed by atoms with Gasteiger partial charge in [-0.3, -0.25) is 0 Å². The summed E-state index contributed by atoms with van der Waals surface area (Å²) in [4.78, 5) is 36.0. The zero-order chi connectivity index (χ0) is 21.9. The number of aliphatic hydroxyl groups excluding tert-OH is 1. The van der Waals surface area contributed by atoms with E-state index in [1.54, 1.807) is 7.11 Å². The highest BCUT2D eigenvalue weighted by molar-refractivity contribution is 7.62. The Morgan fingerprint density at radius 1 is 1.17 bits per heavy atom. The van der Waals surface area contributed by atoms with Crippen molar-refractivity contribution in [3.63, 3.8) is 0 Å². The van der Waals surface area contributed by atoms with Gasteiger partial charge in [-0.25, -0.2) is 13.2 Å². The Balaban J connectivity index is 1.61. The smallest absolute Gasteiger partial charge is 0.476 e. The van der Waals surface area contributed by atoms with E-state index >= 15 is 0 Å². The number of hydrogen-bond donors (Lipinski definition) is 5. The van der Waals surface area contributed by atoms with Crippen molar-refractivity contribution in [3.8, 4) is 5.75 Å². The average molecular weight is 482 g/mol. The number of rotatable bonds is 9. The van der Waals surface area contributed by atoms with Gasteiger partial charge < -0.3 is 38.7 Å². The van der Waals surface area contributed by atoms with Crippen LogP contribution in [0.3, 0.4) is 0 Å². The van der Waals surface area contributed by atoms with Gasteiger partial charge in [-0.2, -0.15) is 0 Å². The Kier molecular flexibility index (Phi) is 8.15. The number of phosphoric acid groups is 1. The van der Waals surface area contributed by atoms with Gasteiger partial charge in [0.05, 0.1) is 25.9 Å². The van der Waals surface area contributed by atoms with E-state index < -0.39 is 43.3 Å². The topological polar surface area (TPSA) is 164 Å². The van der Waals surface area contributed by atoms with Crippen LogP contribution in [-0.2, 0) is 22.4 Å². The van der Waals surface area contributed by atoms with Crippen LogP contribution in [0.1, 0.15) is 18.1 Å². The highest BCUT2D eigenvalue weighted by atomic mass is 31.3. The predicted octanol–water partition coefficient (Wildman–Crippen LogP) is 2.62. The van der Waals surface area contributed by atoms with E-state index in [0.717, 1.165) is 16.3 Å². The quantitative estimate of drug-likeness (QED) is 0.334. The van der Waals surface area contributed by atoms with Gasteiger partial charge in [0.15, 0.2) is 0 Å². The molecule has 1 saturated heterocycles. The third-order valence-corrected chi connectivity index (χ3v) is 7.23. The summed E-state index contributed by atoms with van der Waals surface area (Å²) in [5.74, 6) is 0.612. The second-order valence-electron chi connectivity index (χ2n) is 6.33. The fourth-order valence-electron chi connectivity index (χ4n) is 3.07. The molecule has 1 heterocycles. The largest absolute Gasteiger partial charge is 0.496 e. The van der Waals surface area contributed by atoms with E-state index in [9.17, 15) is 19.5 Å². The summed E-state index contributed by atoms with van der Waals surface area (Å²) >= 11 is 0. The number of hydrogen-bond acceptors (Lipinski definition) is 9. The molecule has 2 aromatic rings. The van der Waals surface area contributed by atoms with Crippen LogP contribution in [0.4, 0.5) is 0 Å². The Bertz CT molecular complexity index is 907. The van der Waals surface area contributed by atoms with Gasteiger partial charge in [0.25, 0.3) is 0 Å². The Morgan fingerprint density at radius 2 is 1.83 bits per heavy atom. The maximum Gasteiger partial charge on any atom is 0.476 e. The lowest BCUT2D eigenvalue weighted by Crippen LogP contribution is -2.25. The minimum atomic E-state index is -4.97. The average Bonchev–Trinajstić information content (AvgIpc) is 3.04. The number of fused-ring (bicyclic) bond motifs is 1. The van der Waals surface area contributed by atoms with Gasteiger partial charge in [0.2, 0.25) is 0 Å². The molecular formula is C16H21O11P3. The summed E-state index contributed by atoms with van der Waals surface area (Å²) in [6.07, 6.45) is -1.93. The summed E-state index contributed by atoms with van der Waals surface area (Å²) in [6, 6.07) is 11.6. The Morgan fingerprint density at radius 3 is 2.47 bits per heavy atom. The van der Waals surface area contributed by atoms with Crippen LogP contribution in [0.25, 0.3) is 10.8 Å². The summed E-state index contributed by atoms with van der Waals surface area (Å²) in [6.45, 7) is -0.283. The van der Waals surface area contributed by atoms with Gasteiger partial charge in [-0.15, -0.1) is 0 Å². The molecule has 0 amide bonds. The van der Waals surface area contributed by atoms with Crippen molar-refractivity contribution >= 4 is 35.8 Å². The van der Waals surface area contributed by atoms with Crippen LogP contribution in [0.15, 0.2) is 36.4 Å². The molecule has 30 heavy (non-hydrogen) atoms. The van der Waals surface area contributed by atoms with Crippen LogP contribution < -0.4 is 4.74 Å². The molecule has 5 N–H and O–H groups in total. The zero-order valence-electron chi connectivity index (χ0n) is 15.6. The van der Waals surface area contributed by atoms with E-state index in [1.165, 1.54) is 0 Å². The van der Waals surface area contributed by atoms with Crippen molar-refractivity contribution < 1.29 is 51.9 Å². The van der Waals surface area contributed by atoms with E-state index in [2.05, 4.69) is 8.62 Å². The molecule has 0 aliphatic carbocycles. The molecule has 166 valence electrons. The first-order valence-corrected chi connectivity index (χ1v) is 12.4. The van der Waals surface area contributed by atoms with Crippen molar-refractivity contribution in [2.75, 3.05) is 13.7 Å². The van der Waals surface area contributed by atoms with Crippen molar-refractivity contribution in [1.82, 2.24) is 0 Å². The molecule has 0 spiro atoms. The Labute approximate surface area is 174 Å². The first-order chi connectivity index (χ1) is 14.2. The summed E-state index contributed by atoms with van der Waals surface area (Å²) in [5.41, 5.74) is 0.759. The van der Waals surface area contributed by atoms with Crippen LogP contribution in [0, 0.1) is 0 Å². The maximum absolute atomic E-state index is 10.6. The van der Waals surface area contributed by atoms with E-state index in [1.807, 2.05) is 36.4 Å². The molecule has 3 rings (SSSR count). The van der Waals surface area contributed by atoms with Crippen molar-refractivity contribution in [3.05, 3.63) is 42.0 Å². The lowest BCUT2D eigenvalue weighted by Gasteiger charge is -2.19. The van der Waals surface area contributed by atoms with E-state index in [-0.39, 0.29) is 13.0 Å². The third kappa shape index (κ3) is 6.37. The highest BCUT2D eigenvalue weighted by Gasteiger charge is 2.37. The number of ether oxygens (including phenoxy) is 2. The zero-order valence-corrected chi connectivity index (χ0v) is 18.3. The van der Waals surface area contributed by atoms with Crippen molar-refractivity contribution in [1.29, 1.82) is 0 Å². The monoisotopic (exact) mass is 482 g/mol.